The molecule has 1 amide bonds. The fourth-order valence-corrected chi connectivity index (χ4v) is 2.73. The zero-order valence-corrected chi connectivity index (χ0v) is 16.0. The summed E-state index contributed by atoms with van der Waals surface area (Å²) in [5.41, 5.74) is 2.28. The monoisotopic (exact) mass is 398 g/mol. The molecule has 10 heteroatoms. The van der Waals surface area contributed by atoms with E-state index in [0.29, 0.717) is 22.6 Å². The number of anilines is 2. The maximum Gasteiger partial charge on any atom is 0.326 e. The van der Waals surface area contributed by atoms with Gasteiger partial charge in [-0.3, -0.25) is 4.79 Å². The van der Waals surface area contributed by atoms with Gasteiger partial charge >= 0.3 is 5.97 Å². The minimum atomic E-state index is -0.943. The Labute approximate surface area is 165 Å². The first-order valence-corrected chi connectivity index (χ1v) is 8.75. The summed E-state index contributed by atoms with van der Waals surface area (Å²) in [4.78, 5) is 25.4. The number of tetrazole rings is 1. The van der Waals surface area contributed by atoms with Gasteiger partial charge in [-0.05, 0) is 55.5 Å². The van der Waals surface area contributed by atoms with Crippen molar-refractivity contribution in [1.29, 1.82) is 0 Å². The van der Waals surface area contributed by atoms with E-state index in [9.17, 15) is 9.59 Å². The predicted molar refractivity (Wildman–Crippen MR) is 106 cm³/mol. The van der Waals surface area contributed by atoms with Gasteiger partial charge in [0.1, 0.15) is 6.04 Å². The summed E-state index contributed by atoms with van der Waals surface area (Å²) in [6, 6.07) is 13.1. The molecule has 1 heterocycles. The van der Waals surface area contributed by atoms with Crippen molar-refractivity contribution in [3.8, 4) is 5.69 Å². The topological polar surface area (TPSA) is 116 Å². The number of hydrogen-bond acceptors (Lipinski definition) is 6. The number of nitrogens with one attached hydrogen (secondary N) is 2. The molecule has 3 rings (SSSR count). The molecule has 0 radical (unpaired) electrons. The molecule has 3 N–H and O–H groups in total. The second-order valence-corrected chi connectivity index (χ2v) is 6.46. The molecule has 0 saturated heterocycles. The molecule has 3 aromatic rings. The summed E-state index contributed by atoms with van der Waals surface area (Å²) in [6.45, 7) is 1.58. The molecule has 0 fully saturated rings. The SMILES string of the molecule is CC(C(=O)O)N(C)c1cccc(C(=O)Nc2cccc(-n3[nH]nnc3=S)c2)c1. The van der Waals surface area contributed by atoms with E-state index in [-0.39, 0.29) is 10.7 Å². The second-order valence-electron chi connectivity index (χ2n) is 6.10. The molecule has 1 atom stereocenters. The molecule has 0 spiro atoms. The third-order valence-corrected chi connectivity index (χ3v) is 4.55. The first kappa shape index (κ1) is 19.2. The number of H-pyrrole nitrogens is 1. The summed E-state index contributed by atoms with van der Waals surface area (Å²) in [5.74, 6) is -1.26. The zero-order valence-electron chi connectivity index (χ0n) is 15.2. The maximum absolute atomic E-state index is 12.7. The minimum absolute atomic E-state index is 0.270. The smallest absolute Gasteiger partial charge is 0.326 e. The molecular weight excluding hydrogens is 380 g/mol. The average Bonchev–Trinajstić information content (AvgIpc) is 3.13. The summed E-state index contributed by atoms with van der Waals surface area (Å²) >= 11 is 5.08. The van der Waals surface area contributed by atoms with Gasteiger partial charge in [-0.1, -0.05) is 22.4 Å². The Morgan fingerprint density at radius 3 is 2.68 bits per heavy atom. The van der Waals surface area contributed by atoms with Crippen molar-refractivity contribution in [3.63, 3.8) is 0 Å². The van der Waals surface area contributed by atoms with E-state index in [2.05, 4.69) is 20.8 Å². The van der Waals surface area contributed by atoms with Crippen LogP contribution in [-0.4, -0.2) is 50.3 Å². The van der Waals surface area contributed by atoms with Crippen molar-refractivity contribution in [2.45, 2.75) is 13.0 Å². The van der Waals surface area contributed by atoms with Crippen LogP contribution in [0.15, 0.2) is 48.5 Å². The third kappa shape index (κ3) is 4.07. The van der Waals surface area contributed by atoms with Gasteiger partial charge in [0.25, 0.3) is 5.91 Å². The fourth-order valence-electron chi connectivity index (χ4n) is 2.55. The number of aromatic amines is 1. The summed E-state index contributed by atoms with van der Waals surface area (Å²) in [5, 5.41) is 22.0. The normalized spacial score (nSPS) is 11.6. The number of carboxylic acid groups (broad SMARTS) is 1. The lowest BCUT2D eigenvalue weighted by Crippen LogP contribution is -2.35. The van der Waals surface area contributed by atoms with Crippen LogP contribution in [0.25, 0.3) is 5.69 Å². The fraction of sp³-hybridized carbons (Fsp3) is 0.167. The Bertz CT molecular complexity index is 1080. The molecule has 9 nitrogen and oxygen atoms in total. The number of likely N-dealkylation sites (N-methyl/N-ethyl adjacent to an activating group) is 1. The van der Waals surface area contributed by atoms with Gasteiger partial charge in [-0.15, -0.1) is 0 Å². The number of amides is 1. The number of rotatable bonds is 6. The van der Waals surface area contributed by atoms with Crippen LogP contribution in [0, 0.1) is 4.77 Å². The largest absolute Gasteiger partial charge is 0.480 e. The molecule has 1 aromatic heterocycles. The van der Waals surface area contributed by atoms with E-state index in [1.807, 2.05) is 0 Å². The molecule has 0 bridgehead atoms. The highest BCUT2D eigenvalue weighted by molar-refractivity contribution is 7.71. The number of aliphatic carboxylic acids is 1. The van der Waals surface area contributed by atoms with Crippen molar-refractivity contribution in [1.82, 2.24) is 20.2 Å². The average molecular weight is 398 g/mol. The van der Waals surface area contributed by atoms with Crippen LogP contribution in [0.3, 0.4) is 0 Å². The number of benzene rings is 2. The molecule has 0 saturated carbocycles. The van der Waals surface area contributed by atoms with Crippen LogP contribution in [0.1, 0.15) is 17.3 Å². The first-order valence-electron chi connectivity index (χ1n) is 8.34. The lowest BCUT2D eigenvalue weighted by molar-refractivity contribution is -0.138. The first-order chi connectivity index (χ1) is 13.4. The second kappa shape index (κ2) is 8.01. The lowest BCUT2D eigenvalue weighted by Gasteiger charge is -2.24. The van der Waals surface area contributed by atoms with Crippen molar-refractivity contribution in [2.24, 2.45) is 0 Å². The summed E-state index contributed by atoms with van der Waals surface area (Å²) < 4.78 is 1.78. The summed E-state index contributed by atoms with van der Waals surface area (Å²) in [7, 11) is 1.67. The van der Waals surface area contributed by atoms with Gasteiger partial charge in [0.2, 0.25) is 4.77 Å². The Kier molecular flexibility index (Phi) is 5.50. The van der Waals surface area contributed by atoms with Crippen molar-refractivity contribution in [2.75, 3.05) is 17.3 Å². The van der Waals surface area contributed by atoms with Crippen molar-refractivity contribution in [3.05, 3.63) is 58.9 Å². The quantitative estimate of drug-likeness (QED) is 0.546. The van der Waals surface area contributed by atoms with Gasteiger partial charge in [0.05, 0.1) is 5.69 Å². The van der Waals surface area contributed by atoms with Crippen molar-refractivity contribution >= 4 is 35.5 Å². The number of carbonyl (C=O) groups is 2. The Morgan fingerprint density at radius 1 is 1.25 bits per heavy atom. The molecular formula is C18H18N6O3S. The number of hydrogen-bond donors (Lipinski definition) is 3. The molecule has 28 heavy (non-hydrogen) atoms. The molecule has 0 aliphatic carbocycles. The van der Waals surface area contributed by atoms with E-state index in [4.69, 9.17) is 17.3 Å². The van der Waals surface area contributed by atoms with Crippen LogP contribution >= 0.6 is 12.2 Å². The molecule has 1 unspecified atom stereocenters. The van der Waals surface area contributed by atoms with Gasteiger partial charge in [0.15, 0.2) is 0 Å². The highest BCUT2D eigenvalue weighted by Crippen LogP contribution is 2.19. The van der Waals surface area contributed by atoms with E-state index >= 15 is 0 Å². The molecule has 0 aliphatic heterocycles. The van der Waals surface area contributed by atoms with Gasteiger partial charge in [-0.2, -0.15) is 5.21 Å². The maximum atomic E-state index is 12.7. The standard InChI is InChI=1S/C18H18N6O3S/c1-11(17(26)27)23(2)14-7-3-5-12(9-14)16(25)19-13-6-4-8-15(10-13)24-18(28)20-21-22-24/h3-11H,1-2H3,(H,19,25)(H,26,27)(H,20,22,28). The summed E-state index contributed by atoms with van der Waals surface area (Å²) in [6.07, 6.45) is 0. The Balaban J connectivity index is 1.81. The molecule has 0 aliphatic rings. The van der Waals surface area contributed by atoms with E-state index < -0.39 is 12.0 Å². The Morgan fingerprint density at radius 2 is 2.00 bits per heavy atom. The van der Waals surface area contributed by atoms with E-state index in [1.165, 1.54) is 4.68 Å². The molecule has 2 aromatic carbocycles. The number of aromatic nitrogens is 4. The zero-order chi connectivity index (χ0) is 20.3. The predicted octanol–water partition coefficient (Wildman–Crippen LogP) is 2.49. The van der Waals surface area contributed by atoms with Gasteiger partial charge in [0, 0.05) is 24.0 Å². The Hall–Kier alpha value is -3.53. The number of carboxylic acids is 1. The number of carbonyl (C=O) groups excluding carboxylic acids is 1. The highest BCUT2D eigenvalue weighted by Gasteiger charge is 2.18. The van der Waals surface area contributed by atoms with Crippen LogP contribution in [-0.2, 0) is 4.79 Å². The van der Waals surface area contributed by atoms with Gasteiger partial charge < -0.3 is 15.3 Å². The van der Waals surface area contributed by atoms with E-state index in [0.717, 1.165) is 0 Å². The lowest BCUT2D eigenvalue weighted by atomic mass is 10.1. The van der Waals surface area contributed by atoms with Crippen LogP contribution in [0.5, 0.6) is 0 Å². The number of nitrogens with zero attached hydrogens (tertiary/aromatic N) is 4. The van der Waals surface area contributed by atoms with Gasteiger partial charge in [-0.25, -0.2) is 9.48 Å². The third-order valence-electron chi connectivity index (χ3n) is 4.29. The van der Waals surface area contributed by atoms with Crippen molar-refractivity contribution < 1.29 is 14.7 Å². The highest BCUT2D eigenvalue weighted by atomic mass is 32.1. The minimum Gasteiger partial charge on any atom is -0.480 e. The molecule has 144 valence electrons. The van der Waals surface area contributed by atoms with E-state index in [1.54, 1.807) is 67.4 Å². The van der Waals surface area contributed by atoms with Crippen LogP contribution in [0.4, 0.5) is 11.4 Å². The van der Waals surface area contributed by atoms with Crippen LogP contribution in [0.2, 0.25) is 0 Å². The van der Waals surface area contributed by atoms with Crippen LogP contribution < -0.4 is 10.2 Å².